The minimum Gasteiger partial charge on any atom is -0.493 e. The second-order valence-electron chi connectivity index (χ2n) is 7.52. The van der Waals surface area contributed by atoms with Gasteiger partial charge in [0.25, 0.3) is 0 Å². The standard InChI is InChI=1S/C26H27NO2/c1-19(27(2)3)29-22-15-13-21(14-16-22)26(20-9-5-4-6-10-20)24-17-18-28-25-12-8-7-11-23(24)25/h4-16,19H,17-18H2,1-3H3/b26-24-. The van der Waals surface area contributed by atoms with E-state index in [-0.39, 0.29) is 6.23 Å². The molecule has 3 aromatic rings. The van der Waals surface area contributed by atoms with Gasteiger partial charge in [-0.2, -0.15) is 0 Å². The summed E-state index contributed by atoms with van der Waals surface area (Å²) in [6, 6.07) is 27.4. The van der Waals surface area contributed by atoms with Crippen LogP contribution in [0.15, 0.2) is 78.9 Å². The van der Waals surface area contributed by atoms with Gasteiger partial charge in [0.05, 0.1) is 6.61 Å². The molecule has 0 radical (unpaired) electrons. The topological polar surface area (TPSA) is 21.7 Å². The van der Waals surface area contributed by atoms with Crippen molar-refractivity contribution in [3.8, 4) is 11.5 Å². The molecule has 3 nitrogen and oxygen atoms in total. The van der Waals surface area contributed by atoms with Crippen LogP contribution in [0.3, 0.4) is 0 Å². The summed E-state index contributed by atoms with van der Waals surface area (Å²) in [5.41, 5.74) is 6.17. The molecule has 0 spiro atoms. The predicted molar refractivity (Wildman–Crippen MR) is 119 cm³/mol. The van der Waals surface area contributed by atoms with Gasteiger partial charge in [0.1, 0.15) is 17.7 Å². The van der Waals surface area contributed by atoms with Gasteiger partial charge >= 0.3 is 0 Å². The van der Waals surface area contributed by atoms with E-state index in [1.807, 2.05) is 32.0 Å². The highest BCUT2D eigenvalue weighted by atomic mass is 16.5. The predicted octanol–water partition coefficient (Wildman–Crippen LogP) is 5.71. The molecule has 0 N–H and O–H groups in total. The zero-order valence-electron chi connectivity index (χ0n) is 17.3. The summed E-state index contributed by atoms with van der Waals surface area (Å²) in [7, 11) is 4.03. The Morgan fingerprint density at radius 3 is 2.24 bits per heavy atom. The Balaban J connectivity index is 1.80. The van der Waals surface area contributed by atoms with E-state index in [1.165, 1.54) is 27.8 Å². The van der Waals surface area contributed by atoms with E-state index in [4.69, 9.17) is 9.47 Å². The first-order valence-electron chi connectivity index (χ1n) is 10.1. The van der Waals surface area contributed by atoms with Crippen molar-refractivity contribution in [3.63, 3.8) is 0 Å². The molecule has 1 heterocycles. The second kappa shape index (κ2) is 8.54. The molecule has 1 unspecified atom stereocenters. The van der Waals surface area contributed by atoms with Crippen molar-refractivity contribution in [2.24, 2.45) is 0 Å². The number of hydrogen-bond donors (Lipinski definition) is 0. The van der Waals surface area contributed by atoms with Crippen LogP contribution in [-0.2, 0) is 0 Å². The SMILES string of the molecule is CC(Oc1ccc(/C(=C2/CCOc3ccccc32)c2ccccc2)cc1)N(C)C. The van der Waals surface area contributed by atoms with Gasteiger partial charge in [-0.05, 0) is 61.5 Å². The van der Waals surface area contributed by atoms with Gasteiger partial charge in [0, 0.05) is 12.0 Å². The fraction of sp³-hybridized carbons (Fsp3) is 0.231. The maximum absolute atomic E-state index is 6.01. The fourth-order valence-corrected chi connectivity index (χ4v) is 3.62. The third kappa shape index (κ3) is 4.20. The second-order valence-corrected chi connectivity index (χ2v) is 7.52. The first kappa shape index (κ1) is 19.3. The van der Waals surface area contributed by atoms with E-state index in [0.29, 0.717) is 6.61 Å². The normalized spacial score (nSPS) is 16.0. The summed E-state index contributed by atoms with van der Waals surface area (Å²) in [6.07, 6.45) is 0.909. The molecule has 0 aromatic heterocycles. The number of nitrogens with zero attached hydrogens (tertiary/aromatic N) is 1. The van der Waals surface area contributed by atoms with Crippen LogP contribution in [0, 0.1) is 0 Å². The van der Waals surface area contributed by atoms with Crippen LogP contribution in [0.5, 0.6) is 11.5 Å². The molecule has 0 aliphatic carbocycles. The lowest BCUT2D eigenvalue weighted by molar-refractivity contribution is 0.0815. The van der Waals surface area contributed by atoms with Crippen LogP contribution in [0.1, 0.15) is 30.0 Å². The molecule has 1 atom stereocenters. The smallest absolute Gasteiger partial charge is 0.149 e. The number of rotatable bonds is 5. The van der Waals surface area contributed by atoms with Crippen molar-refractivity contribution < 1.29 is 9.47 Å². The number of benzene rings is 3. The largest absolute Gasteiger partial charge is 0.493 e. The molecular weight excluding hydrogens is 358 g/mol. The Kier molecular flexibility index (Phi) is 5.68. The summed E-state index contributed by atoms with van der Waals surface area (Å²) >= 11 is 0. The van der Waals surface area contributed by atoms with Crippen molar-refractivity contribution in [2.75, 3.05) is 20.7 Å². The van der Waals surface area contributed by atoms with Crippen LogP contribution in [0.2, 0.25) is 0 Å². The van der Waals surface area contributed by atoms with Crippen molar-refractivity contribution in [1.82, 2.24) is 4.90 Å². The van der Waals surface area contributed by atoms with Gasteiger partial charge in [0.2, 0.25) is 0 Å². The summed E-state index contributed by atoms with van der Waals surface area (Å²) in [6.45, 7) is 2.74. The molecule has 3 aromatic carbocycles. The molecule has 0 saturated carbocycles. The summed E-state index contributed by atoms with van der Waals surface area (Å²) in [4.78, 5) is 2.05. The Labute approximate surface area is 173 Å². The Morgan fingerprint density at radius 1 is 0.862 bits per heavy atom. The maximum atomic E-state index is 6.01. The third-order valence-electron chi connectivity index (χ3n) is 5.36. The summed E-state index contributed by atoms with van der Waals surface area (Å²) in [5.74, 6) is 1.83. The van der Waals surface area contributed by atoms with Crippen LogP contribution in [0.4, 0.5) is 0 Å². The van der Waals surface area contributed by atoms with Crippen molar-refractivity contribution in [2.45, 2.75) is 19.6 Å². The van der Waals surface area contributed by atoms with Crippen LogP contribution >= 0.6 is 0 Å². The molecule has 4 rings (SSSR count). The molecule has 0 amide bonds. The van der Waals surface area contributed by atoms with E-state index in [0.717, 1.165) is 17.9 Å². The van der Waals surface area contributed by atoms with Gasteiger partial charge < -0.3 is 9.47 Å². The van der Waals surface area contributed by atoms with Gasteiger partial charge in [-0.15, -0.1) is 0 Å². The molecule has 148 valence electrons. The molecule has 29 heavy (non-hydrogen) atoms. The molecular formula is C26H27NO2. The van der Waals surface area contributed by atoms with E-state index in [9.17, 15) is 0 Å². The zero-order chi connectivity index (χ0) is 20.2. The van der Waals surface area contributed by atoms with Crippen LogP contribution in [-0.4, -0.2) is 31.8 Å². The zero-order valence-corrected chi connectivity index (χ0v) is 17.3. The fourth-order valence-electron chi connectivity index (χ4n) is 3.62. The Hall–Kier alpha value is -3.04. The lowest BCUT2D eigenvalue weighted by atomic mass is 9.87. The Morgan fingerprint density at radius 2 is 1.52 bits per heavy atom. The lowest BCUT2D eigenvalue weighted by Crippen LogP contribution is -2.30. The highest BCUT2D eigenvalue weighted by Gasteiger charge is 2.20. The molecule has 3 heteroatoms. The van der Waals surface area contributed by atoms with Gasteiger partial charge in [-0.1, -0.05) is 60.7 Å². The first-order chi connectivity index (χ1) is 14.1. The maximum Gasteiger partial charge on any atom is 0.149 e. The average Bonchev–Trinajstić information content (AvgIpc) is 2.76. The quantitative estimate of drug-likeness (QED) is 0.525. The monoisotopic (exact) mass is 385 g/mol. The highest BCUT2D eigenvalue weighted by Crippen LogP contribution is 2.40. The number of ether oxygens (including phenoxy) is 2. The minimum absolute atomic E-state index is 0.0233. The molecule has 1 aliphatic heterocycles. The number of para-hydroxylation sites is 1. The number of fused-ring (bicyclic) bond motifs is 1. The molecule has 0 bridgehead atoms. The van der Waals surface area contributed by atoms with Crippen molar-refractivity contribution in [1.29, 1.82) is 0 Å². The molecule has 1 aliphatic rings. The van der Waals surface area contributed by atoms with E-state index in [1.54, 1.807) is 0 Å². The van der Waals surface area contributed by atoms with Crippen molar-refractivity contribution >= 4 is 11.1 Å². The third-order valence-corrected chi connectivity index (χ3v) is 5.36. The highest BCUT2D eigenvalue weighted by molar-refractivity contribution is 6.00. The molecule has 0 fully saturated rings. The minimum atomic E-state index is 0.0233. The Bertz CT molecular complexity index is 991. The van der Waals surface area contributed by atoms with Gasteiger partial charge in [-0.25, -0.2) is 0 Å². The van der Waals surface area contributed by atoms with Crippen molar-refractivity contribution in [3.05, 3.63) is 95.6 Å². The van der Waals surface area contributed by atoms with E-state index >= 15 is 0 Å². The number of hydrogen-bond acceptors (Lipinski definition) is 3. The van der Waals surface area contributed by atoms with E-state index < -0.39 is 0 Å². The average molecular weight is 386 g/mol. The van der Waals surface area contributed by atoms with E-state index in [2.05, 4.69) is 72.8 Å². The lowest BCUT2D eigenvalue weighted by Gasteiger charge is -2.24. The summed E-state index contributed by atoms with van der Waals surface area (Å²) in [5, 5.41) is 0. The first-order valence-corrected chi connectivity index (χ1v) is 10.1. The molecule has 0 saturated heterocycles. The van der Waals surface area contributed by atoms with Gasteiger partial charge in [0.15, 0.2) is 0 Å². The van der Waals surface area contributed by atoms with Crippen LogP contribution in [0.25, 0.3) is 11.1 Å². The van der Waals surface area contributed by atoms with Crippen LogP contribution < -0.4 is 9.47 Å². The summed E-state index contributed by atoms with van der Waals surface area (Å²) < 4.78 is 11.9. The van der Waals surface area contributed by atoms with Gasteiger partial charge in [-0.3, -0.25) is 4.90 Å².